The van der Waals surface area contributed by atoms with Crippen LogP contribution in [0.15, 0.2) is 6.07 Å². The molecule has 86 valence electrons. The van der Waals surface area contributed by atoms with Gasteiger partial charge < -0.3 is 15.2 Å². The zero-order valence-electron chi connectivity index (χ0n) is 8.47. The van der Waals surface area contributed by atoms with Crippen LogP contribution in [0.1, 0.15) is 31.4 Å². The van der Waals surface area contributed by atoms with Crippen LogP contribution in [0.25, 0.3) is 0 Å². The summed E-state index contributed by atoms with van der Waals surface area (Å²) < 4.78 is 0. The van der Waals surface area contributed by atoms with Gasteiger partial charge in [-0.05, 0) is 17.8 Å². The predicted octanol–water partition coefficient (Wildman–Crippen LogP) is 1.21. The monoisotopic (exact) mass is 225 g/mol. The Hall–Kier alpha value is -1.92. The van der Waals surface area contributed by atoms with Crippen molar-refractivity contribution < 1.29 is 14.8 Å². The third kappa shape index (κ3) is 1.44. The van der Waals surface area contributed by atoms with Crippen LogP contribution in [0.3, 0.4) is 0 Å². The lowest BCUT2D eigenvalue weighted by atomic mass is 9.83. The number of nitrogens with one attached hydrogen (secondary N) is 1. The lowest BCUT2D eigenvalue weighted by Gasteiger charge is -2.19. The van der Waals surface area contributed by atoms with Crippen LogP contribution in [0.5, 0.6) is 0 Å². The highest BCUT2D eigenvalue weighted by Gasteiger charge is 2.46. The number of carboxylic acid groups (broad SMARTS) is 1. The summed E-state index contributed by atoms with van der Waals surface area (Å²) in [5.41, 5.74) is -0.769. The van der Waals surface area contributed by atoms with Crippen molar-refractivity contribution in [1.29, 1.82) is 0 Å². The fourth-order valence-corrected chi connectivity index (χ4v) is 2.21. The highest BCUT2D eigenvalue weighted by atomic mass is 16.6. The van der Waals surface area contributed by atoms with Crippen LogP contribution >= 0.6 is 0 Å². The summed E-state index contributed by atoms with van der Waals surface area (Å²) in [6.45, 7) is 0. The molecule has 1 heterocycles. The lowest BCUT2D eigenvalue weighted by Crippen LogP contribution is -2.33. The highest BCUT2D eigenvalue weighted by molar-refractivity contribution is 5.81. The number of rotatable bonds is 3. The van der Waals surface area contributed by atoms with E-state index >= 15 is 0 Å². The summed E-state index contributed by atoms with van der Waals surface area (Å²) in [5.74, 6) is -1.21. The first-order chi connectivity index (χ1) is 7.56. The molecule has 1 aromatic rings. The van der Waals surface area contributed by atoms with Gasteiger partial charge in [0.1, 0.15) is 11.1 Å². The molecule has 0 amide bonds. The van der Waals surface area contributed by atoms with Gasteiger partial charge in [0.2, 0.25) is 0 Å². The molecule has 0 bridgehead atoms. The molecular weight excluding hydrogens is 214 g/mol. The molecule has 0 aliphatic heterocycles. The van der Waals surface area contributed by atoms with Crippen molar-refractivity contribution in [3.8, 4) is 0 Å². The van der Waals surface area contributed by atoms with Crippen LogP contribution in [-0.2, 0) is 10.2 Å². The molecule has 7 heteroatoms. The predicted molar refractivity (Wildman–Crippen MR) is 53.0 cm³/mol. The molecule has 2 rings (SSSR count). The van der Waals surface area contributed by atoms with Gasteiger partial charge in [-0.2, -0.15) is 0 Å². The van der Waals surface area contributed by atoms with E-state index in [2.05, 4.69) is 10.2 Å². The van der Waals surface area contributed by atoms with Crippen molar-refractivity contribution in [2.75, 3.05) is 0 Å². The number of aromatic amines is 1. The molecule has 0 radical (unpaired) electrons. The first-order valence-electron chi connectivity index (χ1n) is 5.00. The first-order valence-corrected chi connectivity index (χ1v) is 5.00. The summed E-state index contributed by atoms with van der Waals surface area (Å²) in [6, 6.07) is 1.22. The quantitative estimate of drug-likeness (QED) is 0.593. The Morgan fingerprint density at radius 1 is 1.56 bits per heavy atom. The second-order valence-corrected chi connectivity index (χ2v) is 3.99. The second-order valence-electron chi connectivity index (χ2n) is 3.99. The van der Waals surface area contributed by atoms with Gasteiger partial charge in [-0.3, -0.25) is 4.79 Å². The minimum atomic E-state index is -1.04. The molecule has 1 saturated carbocycles. The summed E-state index contributed by atoms with van der Waals surface area (Å²) in [7, 11) is 0. The molecule has 2 N–H and O–H groups in total. The van der Waals surface area contributed by atoms with Crippen LogP contribution in [0.4, 0.5) is 5.82 Å². The zero-order chi connectivity index (χ0) is 11.8. The van der Waals surface area contributed by atoms with Crippen molar-refractivity contribution in [2.45, 2.75) is 31.1 Å². The van der Waals surface area contributed by atoms with E-state index in [0.29, 0.717) is 12.8 Å². The van der Waals surface area contributed by atoms with Crippen LogP contribution in [0.2, 0.25) is 0 Å². The molecule has 1 fully saturated rings. The first kappa shape index (κ1) is 10.6. The molecule has 0 atom stereocenters. The number of aliphatic carboxylic acids is 1. The Morgan fingerprint density at radius 2 is 2.19 bits per heavy atom. The number of hydrogen-bond donors (Lipinski definition) is 2. The molecule has 0 spiro atoms. The van der Waals surface area contributed by atoms with Gasteiger partial charge in [-0.25, -0.2) is 0 Å². The molecule has 1 aliphatic rings. The molecule has 0 aromatic carbocycles. The number of nitrogens with zero attached hydrogens (tertiary/aromatic N) is 2. The smallest absolute Gasteiger partial charge is 0.342 e. The van der Waals surface area contributed by atoms with Gasteiger partial charge in [0.25, 0.3) is 0 Å². The molecule has 0 saturated heterocycles. The average Bonchev–Trinajstić information content (AvgIpc) is 2.87. The highest BCUT2D eigenvalue weighted by Crippen LogP contribution is 2.41. The van der Waals surface area contributed by atoms with E-state index in [-0.39, 0.29) is 11.5 Å². The van der Waals surface area contributed by atoms with Gasteiger partial charge in [0.05, 0.1) is 6.07 Å². The van der Waals surface area contributed by atoms with Gasteiger partial charge in [-0.1, -0.05) is 17.9 Å². The summed E-state index contributed by atoms with van der Waals surface area (Å²) in [5, 5.41) is 25.7. The van der Waals surface area contributed by atoms with Gasteiger partial charge >= 0.3 is 11.8 Å². The fourth-order valence-electron chi connectivity index (χ4n) is 2.21. The van der Waals surface area contributed by atoms with Crippen molar-refractivity contribution in [1.82, 2.24) is 10.2 Å². The van der Waals surface area contributed by atoms with Crippen molar-refractivity contribution in [3.63, 3.8) is 0 Å². The maximum atomic E-state index is 11.3. The van der Waals surface area contributed by atoms with Crippen molar-refractivity contribution in [3.05, 3.63) is 21.9 Å². The Balaban J connectivity index is 2.40. The lowest BCUT2D eigenvalue weighted by molar-refractivity contribution is -0.389. The number of aromatic nitrogens is 2. The number of H-pyrrole nitrogens is 1. The largest absolute Gasteiger partial charge is 0.481 e. The molecule has 1 aromatic heterocycles. The van der Waals surface area contributed by atoms with Gasteiger partial charge in [0.15, 0.2) is 0 Å². The van der Waals surface area contributed by atoms with Crippen LogP contribution < -0.4 is 0 Å². The molecule has 16 heavy (non-hydrogen) atoms. The number of nitro groups is 1. The number of hydrogen-bond acceptors (Lipinski definition) is 4. The van der Waals surface area contributed by atoms with Crippen LogP contribution in [-0.4, -0.2) is 26.2 Å². The summed E-state index contributed by atoms with van der Waals surface area (Å²) >= 11 is 0. The van der Waals surface area contributed by atoms with Gasteiger partial charge in [0, 0.05) is 0 Å². The normalized spacial score (nSPS) is 18.5. The third-order valence-electron chi connectivity index (χ3n) is 3.12. The second kappa shape index (κ2) is 3.58. The van der Waals surface area contributed by atoms with E-state index in [9.17, 15) is 20.0 Å². The molecular formula is C9H11N3O4. The van der Waals surface area contributed by atoms with E-state index in [0.717, 1.165) is 12.8 Å². The van der Waals surface area contributed by atoms with Crippen LogP contribution in [0, 0.1) is 10.1 Å². The van der Waals surface area contributed by atoms with E-state index in [1.54, 1.807) is 0 Å². The maximum Gasteiger partial charge on any atom is 0.342 e. The van der Waals surface area contributed by atoms with Crippen molar-refractivity contribution >= 4 is 11.8 Å². The van der Waals surface area contributed by atoms with E-state index in [4.69, 9.17) is 0 Å². The maximum absolute atomic E-state index is 11.3. The van der Waals surface area contributed by atoms with Crippen molar-refractivity contribution in [2.24, 2.45) is 0 Å². The topological polar surface area (TPSA) is 109 Å². The number of carbonyl (C=O) groups is 1. The Kier molecular flexibility index (Phi) is 2.37. The van der Waals surface area contributed by atoms with E-state index < -0.39 is 16.3 Å². The Morgan fingerprint density at radius 3 is 2.62 bits per heavy atom. The summed E-state index contributed by atoms with van der Waals surface area (Å²) in [6.07, 6.45) is 2.61. The molecule has 7 nitrogen and oxygen atoms in total. The molecule has 1 aliphatic carbocycles. The summed E-state index contributed by atoms with van der Waals surface area (Å²) in [4.78, 5) is 21.2. The van der Waals surface area contributed by atoms with E-state index in [1.165, 1.54) is 6.07 Å². The molecule has 0 unspecified atom stereocenters. The third-order valence-corrected chi connectivity index (χ3v) is 3.12. The standard InChI is InChI=1S/C9H11N3O4/c13-8(14)9(3-1-2-4-9)6-5-7(11-10-6)12(15)16/h5H,1-4H2,(H,10,11)(H,13,14). The van der Waals surface area contributed by atoms with E-state index in [1.807, 2.05) is 0 Å². The minimum Gasteiger partial charge on any atom is -0.481 e. The fraction of sp³-hybridized carbons (Fsp3) is 0.556. The zero-order valence-corrected chi connectivity index (χ0v) is 8.47. The minimum absolute atomic E-state index is 0.262. The number of carboxylic acids is 1. The Labute approximate surface area is 90.6 Å². The Bertz CT molecular complexity index is 434. The average molecular weight is 225 g/mol. The SMILES string of the molecule is O=C(O)C1(c2cc([N+](=O)[O-])[nH]n2)CCCC1. The van der Waals surface area contributed by atoms with Gasteiger partial charge in [-0.15, -0.1) is 5.10 Å².